The molecule has 4 nitrogen and oxygen atoms in total. The van der Waals surface area contributed by atoms with Crippen LogP contribution >= 0.6 is 23.1 Å². The van der Waals surface area contributed by atoms with Crippen LogP contribution in [-0.4, -0.2) is 27.7 Å². The highest BCUT2D eigenvalue weighted by Crippen LogP contribution is 2.32. The number of benzene rings is 1. The van der Waals surface area contributed by atoms with Crippen molar-refractivity contribution in [3.63, 3.8) is 0 Å². The van der Waals surface area contributed by atoms with Gasteiger partial charge in [0.2, 0.25) is 5.91 Å². The molecule has 0 bridgehead atoms. The zero-order valence-corrected chi connectivity index (χ0v) is 14.9. The summed E-state index contributed by atoms with van der Waals surface area (Å²) in [6.45, 7) is 2.13. The summed E-state index contributed by atoms with van der Waals surface area (Å²) in [5.74, 6) is 0.530. The van der Waals surface area contributed by atoms with Crippen LogP contribution in [0.3, 0.4) is 0 Å². The van der Waals surface area contributed by atoms with Crippen LogP contribution in [0.5, 0.6) is 0 Å². The fourth-order valence-electron chi connectivity index (χ4n) is 3.15. The van der Waals surface area contributed by atoms with Crippen molar-refractivity contribution >= 4 is 44.9 Å². The zero-order chi connectivity index (χ0) is 16.5. The second-order valence-corrected chi connectivity index (χ2v) is 7.75. The van der Waals surface area contributed by atoms with Crippen molar-refractivity contribution in [1.29, 1.82) is 0 Å². The van der Waals surface area contributed by atoms with Crippen LogP contribution in [0.2, 0.25) is 0 Å². The second-order valence-electron chi connectivity index (χ2n) is 5.89. The van der Waals surface area contributed by atoms with E-state index in [1.165, 1.54) is 17.3 Å². The Bertz CT molecular complexity index is 893. The minimum atomic E-state index is 0.140. The topological polar surface area (TPSA) is 46.1 Å². The molecule has 1 aliphatic rings. The third-order valence-electron chi connectivity index (χ3n) is 4.35. The molecule has 4 rings (SSSR count). The van der Waals surface area contributed by atoms with E-state index in [0.717, 1.165) is 33.8 Å². The summed E-state index contributed by atoms with van der Waals surface area (Å²) < 4.78 is 0. The van der Waals surface area contributed by atoms with Gasteiger partial charge in [0, 0.05) is 17.1 Å². The first-order chi connectivity index (χ1) is 11.7. The number of amides is 1. The lowest BCUT2D eigenvalue weighted by Crippen LogP contribution is -2.43. The van der Waals surface area contributed by atoms with Gasteiger partial charge >= 0.3 is 0 Å². The Morgan fingerprint density at radius 2 is 2.21 bits per heavy atom. The molecule has 0 saturated heterocycles. The maximum Gasteiger partial charge on any atom is 0.237 e. The van der Waals surface area contributed by atoms with E-state index >= 15 is 0 Å². The van der Waals surface area contributed by atoms with E-state index in [0.29, 0.717) is 5.75 Å². The van der Waals surface area contributed by atoms with Crippen LogP contribution in [0.1, 0.15) is 18.9 Å². The normalized spacial score (nSPS) is 17.0. The summed E-state index contributed by atoms with van der Waals surface area (Å²) in [6.07, 6.45) is 3.62. The number of anilines is 1. The molecule has 0 spiro atoms. The number of thiophene rings is 1. The number of hydrogen-bond donors (Lipinski definition) is 0. The number of aryl methyl sites for hydroxylation is 1. The highest BCUT2D eigenvalue weighted by Gasteiger charge is 2.27. The number of nitrogens with zero attached hydrogens (tertiary/aromatic N) is 3. The van der Waals surface area contributed by atoms with Crippen molar-refractivity contribution in [3.8, 4) is 0 Å². The fraction of sp³-hybridized carbons (Fsp3) is 0.278. The quantitative estimate of drug-likeness (QED) is 0.523. The molecule has 0 unspecified atom stereocenters. The lowest BCUT2D eigenvalue weighted by Gasteiger charge is -2.35. The summed E-state index contributed by atoms with van der Waals surface area (Å²) in [7, 11) is 0. The maximum atomic E-state index is 12.9. The molecule has 0 radical (unpaired) electrons. The zero-order valence-electron chi connectivity index (χ0n) is 13.3. The van der Waals surface area contributed by atoms with E-state index in [1.807, 2.05) is 28.5 Å². The number of thioether (sulfide) groups is 1. The number of rotatable bonds is 3. The minimum Gasteiger partial charge on any atom is -0.309 e. The smallest absolute Gasteiger partial charge is 0.237 e. The van der Waals surface area contributed by atoms with Crippen molar-refractivity contribution in [3.05, 3.63) is 47.6 Å². The summed E-state index contributed by atoms with van der Waals surface area (Å²) in [5, 5.41) is 3.92. The summed E-state index contributed by atoms with van der Waals surface area (Å²) >= 11 is 3.09. The van der Waals surface area contributed by atoms with Crippen molar-refractivity contribution < 1.29 is 4.79 Å². The van der Waals surface area contributed by atoms with Gasteiger partial charge in [-0.25, -0.2) is 9.97 Å². The van der Waals surface area contributed by atoms with E-state index in [9.17, 15) is 4.79 Å². The Hall–Kier alpha value is -1.92. The van der Waals surface area contributed by atoms with Gasteiger partial charge in [-0.15, -0.1) is 11.3 Å². The van der Waals surface area contributed by atoms with Gasteiger partial charge in [0.05, 0.1) is 5.75 Å². The van der Waals surface area contributed by atoms with Crippen molar-refractivity contribution in [2.24, 2.45) is 0 Å². The number of aromatic nitrogens is 2. The molecule has 0 N–H and O–H groups in total. The van der Waals surface area contributed by atoms with Gasteiger partial charge in [0.25, 0.3) is 0 Å². The van der Waals surface area contributed by atoms with Gasteiger partial charge in [0.1, 0.15) is 16.2 Å². The maximum absolute atomic E-state index is 12.9. The largest absolute Gasteiger partial charge is 0.309 e. The number of para-hydroxylation sites is 1. The minimum absolute atomic E-state index is 0.140. The fourth-order valence-corrected chi connectivity index (χ4v) is 4.79. The Balaban J connectivity index is 1.55. The lowest BCUT2D eigenvalue weighted by atomic mass is 9.97. The second kappa shape index (κ2) is 6.53. The molecule has 6 heteroatoms. The van der Waals surface area contributed by atoms with Crippen molar-refractivity contribution in [2.75, 3.05) is 10.7 Å². The first kappa shape index (κ1) is 15.6. The summed E-state index contributed by atoms with van der Waals surface area (Å²) in [4.78, 5) is 24.4. The molecule has 3 heterocycles. The molecule has 1 aromatic carbocycles. The van der Waals surface area contributed by atoms with Gasteiger partial charge in [-0.1, -0.05) is 30.0 Å². The first-order valence-corrected chi connectivity index (χ1v) is 9.81. The van der Waals surface area contributed by atoms with Gasteiger partial charge in [-0.2, -0.15) is 0 Å². The molecule has 0 saturated carbocycles. The number of hydrogen-bond acceptors (Lipinski definition) is 5. The molecule has 24 heavy (non-hydrogen) atoms. The van der Waals surface area contributed by atoms with Gasteiger partial charge in [0.15, 0.2) is 0 Å². The van der Waals surface area contributed by atoms with Gasteiger partial charge in [-0.05, 0) is 42.8 Å². The molecular weight excluding hydrogens is 338 g/mol. The van der Waals surface area contributed by atoms with E-state index in [-0.39, 0.29) is 11.9 Å². The molecule has 0 fully saturated rings. The van der Waals surface area contributed by atoms with Crippen LogP contribution in [0.25, 0.3) is 10.2 Å². The Morgan fingerprint density at radius 1 is 1.33 bits per heavy atom. The molecule has 2 aromatic heterocycles. The van der Waals surface area contributed by atoms with Crippen molar-refractivity contribution in [1.82, 2.24) is 9.97 Å². The predicted molar refractivity (Wildman–Crippen MR) is 99.9 cm³/mol. The lowest BCUT2D eigenvalue weighted by molar-refractivity contribution is -0.116. The third kappa shape index (κ3) is 2.80. The SMILES string of the molecule is C[C@@H]1CCc2ccccc2N1C(=O)CSc1ncnc2sccc12. The Morgan fingerprint density at radius 3 is 3.12 bits per heavy atom. The highest BCUT2D eigenvalue weighted by molar-refractivity contribution is 8.00. The molecule has 1 amide bonds. The summed E-state index contributed by atoms with van der Waals surface area (Å²) in [6, 6.07) is 10.5. The van der Waals surface area contributed by atoms with E-state index < -0.39 is 0 Å². The number of fused-ring (bicyclic) bond motifs is 2. The predicted octanol–water partition coefficient (Wildman–Crippen LogP) is 4.15. The van der Waals surface area contributed by atoms with Crippen LogP contribution < -0.4 is 4.90 Å². The number of carbonyl (C=O) groups excluding carboxylic acids is 1. The molecular formula is C18H17N3OS2. The average Bonchev–Trinajstić information content (AvgIpc) is 3.09. The molecule has 122 valence electrons. The molecule has 0 aliphatic carbocycles. The Kier molecular flexibility index (Phi) is 4.24. The van der Waals surface area contributed by atoms with Gasteiger partial charge in [-0.3, -0.25) is 4.79 Å². The first-order valence-electron chi connectivity index (χ1n) is 7.95. The molecule has 1 aliphatic heterocycles. The third-order valence-corrected chi connectivity index (χ3v) is 6.16. The number of carbonyl (C=O) groups is 1. The van der Waals surface area contributed by atoms with Crippen LogP contribution in [-0.2, 0) is 11.2 Å². The van der Waals surface area contributed by atoms with E-state index in [1.54, 1.807) is 17.7 Å². The van der Waals surface area contributed by atoms with Crippen LogP contribution in [0, 0.1) is 0 Å². The molecule has 3 aromatic rings. The summed E-state index contributed by atoms with van der Waals surface area (Å²) in [5.41, 5.74) is 2.32. The molecule has 1 atom stereocenters. The monoisotopic (exact) mass is 355 g/mol. The van der Waals surface area contributed by atoms with Gasteiger partial charge < -0.3 is 4.90 Å². The van der Waals surface area contributed by atoms with Crippen LogP contribution in [0.4, 0.5) is 5.69 Å². The standard InChI is InChI=1S/C18H17N3OS2/c1-12-6-7-13-4-2-3-5-15(13)21(12)16(22)10-24-18-14-8-9-23-17(14)19-11-20-18/h2-5,8-9,11-12H,6-7,10H2,1H3/t12-/m1/s1. The van der Waals surface area contributed by atoms with E-state index in [4.69, 9.17) is 0 Å². The highest BCUT2D eigenvalue weighted by atomic mass is 32.2. The Labute approximate surface area is 148 Å². The van der Waals surface area contributed by atoms with E-state index in [2.05, 4.69) is 29.0 Å². The van der Waals surface area contributed by atoms with Crippen molar-refractivity contribution in [2.45, 2.75) is 30.8 Å². The average molecular weight is 355 g/mol. The van der Waals surface area contributed by atoms with Crippen LogP contribution in [0.15, 0.2) is 47.1 Å².